The van der Waals surface area contributed by atoms with Crippen molar-refractivity contribution in [3.63, 3.8) is 0 Å². The first-order valence-electron chi connectivity index (χ1n) is 5.71. The number of anilines is 1. The van der Waals surface area contributed by atoms with Crippen LogP contribution in [0, 0.1) is 11.6 Å². The van der Waals surface area contributed by atoms with Gasteiger partial charge in [-0.25, -0.2) is 13.8 Å². The van der Waals surface area contributed by atoms with E-state index in [-0.39, 0.29) is 11.6 Å². The molecule has 5 heteroatoms. The van der Waals surface area contributed by atoms with Gasteiger partial charge in [-0.2, -0.15) is 0 Å². The molecular formula is C14H13F2N3. The lowest BCUT2D eigenvalue weighted by Gasteiger charge is -2.06. The van der Waals surface area contributed by atoms with Crippen molar-refractivity contribution in [3.05, 3.63) is 65.7 Å². The van der Waals surface area contributed by atoms with Crippen molar-refractivity contribution in [2.24, 2.45) is 10.7 Å². The molecule has 3 nitrogen and oxygen atoms in total. The van der Waals surface area contributed by atoms with Gasteiger partial charge in [0.1, 0.15) is 11.6 Å². The van der Waals surface area contributed by atoms with Crippen LogP contribution in [0.1, 0.15) is 5.56 Å². The molecule has 2 aromatic rings. The fourth-order valence-electron chi connectivity index (χ4n) is 1.53. The third kappa shape index (κ3) is 3.77. The predicted molar refractivity (Wildman–Crippen MR) is 71.7 cm³/mol. The molecule has 0 heterocycles. The summed E-state index contributed by atoms with van der Waals surface area (Å²) in [5, 5.41) is 2.53. The van der Waals surface area contributed by atoms with Gasteiger partial charge in [0, 0.05) is 6.07 Å². The Hall–Kier alpha value is -2.43. The quantitative estimate of drug-likeness (QED) is 0.659. The van der Waals surface area contributed by atoms with E-state index < -0.39 is 11.6 Å². The van der Waals surface area contributed by atoms with Gasteiger partial charge >= 0.3 is 0 Å². The lowest BCUT2D eigenvalue weighted by Crippen LogP contribution is -2.23. The van der Waals surface area contributed by atoms with Crippen molar-refractivity contribution in [2.75, 3.05) is 5.32 Å². The Morgan fingerprint density at radius 3 is 2.58 bits per heavy atom. The highest BCUT2D eigenvalue weighted by molar-refractivity contribution is 5.92. The van der Waals surface area contributed by atoms with Crippen LogP contribution in [0.5, 0.6) is 0 Å². The van der Waals surface area contributed by atoms with Crippen LogP contribution < -0.4 is 11.1 Å². The molecule has 0 aliphatic heterocycles. The standard InChI is InChI=1S/C14H13F2N3/c15-11-6-7-12(16)13(8-11)19-14(17)18-9-10-4-2-1-3-5-10/h1-8H,9H2,(H3,17,18,19). The third-order valence-corrected chi connectivity index (χ3v) is 2.47. The molecule has 0 bridgehead atoms. The Balaban J connectivity index is 2.04. The number of rotatable bonds is 3. The predicted octanol–water partition coefficient (Wildman–Crippen LogP) is 2.89. The minimum atomic E-state index is -0.584. The highest BCUT2D eigenvalue weighted by Gasteiger charge is 2.04. The van der Waals surface area contributed by atoms with Gasteiger partial charge in [0.25, 0.3) is 0 Å². The zero-order chi connectivity index (χ0) is 13.7. The Morgan fingerprint density at radius 1 is 1.11 bits per heavy atom. The number of guanidine groups is 1. The molecule has 0 saturated heterocycles. The zero-order valence-electron chi connectivity index (χ0n) is 10.1. The van der Waals surface area contributed by atoms with Crippen molar-refractivity contribution >= 4 is 11.6 Å². The molecular weight excluding hydrogens is 248 g/mol. The van der Waals surface area contributed by atoms with Crippen LogP contribution in [0.2, 0.25) is 0 Å². The van der Waals surface area contributed by atoms with Gasteiger partial charge in [0.05, 0.1) is 12.2 Å². The van der Waals surface area contributed by atoms with Crippen LogP contribution in [-0.2, 0) is 6.54 Å². The fourth-order valence-corrected chi connectivity index (χ4v) is 1.53. The number of nitrogens with zero attached hydrogens (tertiary/aromatic N) is 1. The molecule has 0 amide bonds. The van der Waals surface area contributed by atoms with Gasteiger partial charge in [0.2, 0.25) is 0 Å². The summed E-state index contributed by atoms with van der Waals surface area (Å²) in [5.41, 5.74) is 6.57. The Kier molecular flexibility index (Phi) is 4.07. The van der Waals surface area contributed by atoms with Gasteiger partial charge in [-0.3, -0.25) is 0 Å². The zero-order valence-corrected chi connectivity index (χ0v) is 10.1. The molecule has 0 saturated carbocycles. The molecule has 0 atom stereocenters. The van der Waals surface area contributed by atoms with Crippen molar-refractivity contribution in [2.45, 2.75) is 6.54 Å². The van der Waals surface area contributed by atoms with Crippen LogP contribution in [0.15, 0.2) is 53.5 Å². The lowest BCUT2D eigenvalue weighted by atomic mass is 10.2. The number of hydrogen-bond acceptors (Lipinski definition) is 1. The molecule has 0 aliphatic carbocycles. The number of nitrogens with one attached hydrogen (secondary N) is 1. The number of nitrogens with two attached hydrogens (primary N) is 1. The Labute approximate surface area is 109 Å². The van der Waals surface area contributed by atoms with E-state index in [4.69, 9.17) is 5.73 Å². The topological polar surface area (TPSA) is 50.4 Å². The third-order valence-electron chi connectivity index (χ3n) is 2.47. The summed E-state index contributed by atoms with van der Waals surface area (Å²) in [4.78, 5) is 4.05. The van der Waals surface area contributed by atoms with Crippen LogP contribution in [0.25, 0.3) is 0 Å². The smallest absolute Gasteiger partial charge is 0.193 e. The summed E-state index contributed by atoms with van der Waals surface area (Å²) < 4.78 is 26.3. The summed E-state index contributed by atoms with van der Waals surface area (Å²) in [6, 6.07) is 12.6. The number of aliphatic imine (C=N–C) groups is 1. The average Bonchev–Trinajstić information content (AvgIpc) is 2.42. The van der Waals surface area contributed by atoms with Crippen LogP contribution in [0.3, 0.4) is 0 Å². The van der Waals surface area contributed by atoms with Crippen molar-refractivity contribution < 1.29 is 8.78 Å². The maximum Gasteiger partial charge on any atom is 0.193 e. The van der Waals surface area contributed by atoms with Gasteiger partial charge in [0.15, 0.2) is 5.96 Å². The van der Waals surface area contributed by atoms with Crippen molar-refractivity contribution in [3.8, 4) is 0 Å². The second-order valence-electron chi connectivity index (χ2n) is 3.94. The highest BCUT2D eigenvalue weighted by atomic mass is 19.1. The minimum Gasteiger partial charge on any atom is -0.370 e. The molecule has 19 heavy (non-hydrogen) atoms. The van der Waals surface area contributed by atoms with Crippen LogP contribution in [0.4, 0.5) is 14.5 Å². The highest BCUT2D eigenvalue weighted by Crippen LogP contribution is 2.14. The second kappa shape index (κ2) is 5.95. The van der Waals surface area contributed by atoms with E-state index in [1.54, 1.807) is 0 Å². The Morgan fingerprint density at radius 2 is 1.84 bits per heavy atom. The summed E-state index contributed by atoms with van der Waals surface area (Å²) in [5.74, 6) is -1.09. The fraction of sp³-hybridized carbons (Fsp3) is 0.0714. The van der Waals surface area contributed by atoms with Crippen LogP contribution >= 0.6 is 0 Å². The molecule has 2 rings (SSSR count). The molecule has 0 aliphatic rings. The van der Waals surface area contributed by atoms with Crippen molar-refractivity contribution in [1.29, 1.82) is 0 Å². The number of halogens is 2. The van der Waals surface area contributed by atoms with Crippen molar-refractivity contribution in [1.82, 2.24) is 0 Å². The van der Waals surface area contributed by atoms with E-state index in [9.17, 15) is 8.78 Å². The summed E-state index contributed by atoms with van der Waals surface area (Å²) in [6.07, 6.45) is 0. The monoisotopic (exact) mass is 261 g/mol. The summed E-state index contributed by atoms with van der Waals surface area (Å²) in [7, 11) is 0. The molecule has 0 unspecified atom stereocenters. The first-order valence-corrected chi connectivity index (χ1v) is 5.71. The Bertz CT molecular complexity index is 582. The number of hydrogen-bond donors (Lipinski definition) is 2. The normalized spacial score (nSPS) is 11.4. The first kappa shape index (κ1) is 13.0. The van der Waals surface area contributed by atoms with E-state index in [2.05, 4.69) is 10.3 Å². The minimum absolute atomic E-state index is 0.0330. The van der Waals surface area contributed by atoms with E-state index in [1.165, 1.54) is 0 Å². The maximum atomic E-state index is 13.4. The maximum absolute atomic E-state index is 13.4. The van der Waals surface area contributed by atoms with Gasteiger partial charge in [-0.1, -0.05) is 30.3 Å². The first-order chi connectivity index (χ1) is 9.15. The summed E-state index contributed by atoms with van der Waals surface area (Å²) >= 11 is 0. The molecule has 0 spiro atoms. The van der Waals surface area contributed by atoms with Crippen LogP contribution in [-0.4, -0.2) is 5.96 Å². The SMILES string of the molecule is NC(=NCc1ccccc1)Nc1cc(F)ccc1F. The van der Waals surface area contributed by atoms with E-state index in [0.717, 1.165) is 23.8 Å². The second-order valence-corrected chi connectivity index (χ2v) is 3.94. The molecule has 3 N–H and O–H groups in total. The molecule has 0 aromatic heterocycles. The van der Waals surface area contributed by atoms with Gasteiger partial charge in [-0.15, -0.1) is 0 Å². The van der Waals surface area contributed by atoms with Gasteiger partial charge < -0.3 is 11.1 Å². The molecule has 98 valence electrons. The number of benzene rings is 2. The average molecular weight is 261 g/mol. The molecule has 0 fully saturated rings. The molecule has 2 aromatic carbocycles. The lowest BCUT2D eigenvalue weighted by molar-refractivity contribution is 0.604. The van der Waals surface area contributed by atoms with E-state index in [0.29, 0.717) is 6.54 Å². The molecule has 0 radical (unpaired) electrons. The largest absolute Gasteiger partial charge is 0.370 e. The summed E-state index contributed by atoms with van der Waals surface area (Å²) in [6.45, 7) is 0.372. The van der Waals surface area contributed by atoms with E-state index >= 15 is 0 Å². The van der Waals surface area contributed by atoms with Gasteiger partial charge in [-0.05, 0) is 17.7 Å². The van der Waals surface area contributed by atoms with E-state index in [1.807, 2.05) is 30.3 Å².